The number of benzene rings is 1. The third-order valence-electron chi connectivity index (χ3n) is 3.86. The summed E-state index contributed by atoms with van der Waals surface area (Å²) in [6.07, 6.45) is 2.85. The van der Waals surface area contributed by atoms with Crippen LogP contribution >= 0.6 is 23.4 Å². The first kappa shape index (κ1) is 22.6. The average Bonchev–Trinajstić information content (AvgIpc) is 3.14. The van der Waals surface area contributed by atoms with E-state index in [0.717, 1.165) is 22.4 Å². The van der Waals surface area contributed by atoms with Crippen LogP contribution in [0.3, 0.4) is 0 Å². The Kier molecular flexibility index (Phi) is 8.21. The molecule has 0 spiro atoms. The fraction of sp³-hybridized carbons (Fsp3) is 0.389. The third kappa shape index (κ3) is 6.15. The van der Waals surface area contributed by atoms with Crippen molar-refractivity contribution in [3.63, 3.8) is 0 Å². The van der Waals surface area contributed by atoms with Gasteiger partial charge in [-0.05, 0) is 36.8 Å². The van der Waals surface area contributed by atoms with Crippen LogP contribution < -0.4 is 9.62 Å². The molecule has 1 aromatic carbocycles. The largest absolute Gasteiger partial charge is 0.468 e. The number of hydrogen-bond donors (Lipinski definition) is 1. The summed E-state index contributed by atoms with van der Waals surface area (Å²) in [5.41, 5.74) is 0.142. The predicted octanol–water partition coefficient (Wildman–Crippen LogP) is 3.67. The molecule has 1 amide bonds. The number of anilines is 1. The van der Waals surface area contributed by atoms with Crippen LogP contribution in [-0.2, 0) is 20.6 Å². The van der Waals surface area contributed by atoms with E-state index in [0.29, 0.717) is 18.1 Å². The van der Waals surface area contributed by atoms with E-state index < -0.39 is 27.8 Å². The monoisotopic (exact) mass is 448 g/mol. The number of furan rings is 1. The number of rotatable bonds is 10. The fourth-order valence-corrected chi connectivity index (χ4v) is 4.75. The number of halogens is 2. The maximum atomic E-state index is 13.5. The molecule has 154 valence electrons. The molecule has 1 atom stereocenters. The second kappa shape index (κ2) is 10.2. The lowest BCUT2D eigenvalue weighted by molar-refractivity contribution is -0.122. The molecule has 0 radical (unpaired) electrons. The first-order valence-corrected chi connectivity index (χ1v) is 11.9. The number of carbonyl (C=O) groups excluding carboxylic acids is 1. The number of hydrogen-bond acceptors (Lipinski definition) is 5. The van der Waals surface area contributed by atoms with Crippen molar-refractivity contribution < 1.29 is 22.0 Å². The molecule has 6 nitrogen and oxygen atoms in total. The number of carbonyl (C=O) groups is 1. The molecule has 0 bridgehead atoms. The number of nitrogens with zero attached hydrogens (tertiary/aromatic N) is 1. The Balaban J connectivity index is 2.03. The minimum atomic E-state index is -3.79. The van der Waals surface area contributed by atoms with Crippen LogP contribution in [0.5, 0.6) is 0 Å². The Morgan fingerprint density at radius 3 is 2.71 bits per heavy atom. The highest BCUT2D eigenvalue weighted by molar-refractivity contribution is 7.98. The highest BCUT2D eigenvalue weighted by Crippen LogP contribution is 2.27. The Morgan fingerprint density at radius 2 is 2.14 bits per heavy atom. The number of nitrogens with one attached hydrogen (secondary N) is 1. The maximum Gasteiger partial charge on any atom is 0.243 e. The van der Waals surface area contributed by atoms with E-state index >= 15 is 0 Å². The SMILES string of the molecule is CCC(C(=O)NCCSCc1ccco1)N(c1ccc(F)c(Cl)c1)S(C)(=O)=O. The van der Waals surface area contributed by atoms with Crippen molar-refractivity contribution >= 4 is 45.0 Å². The quantitative estimate of drug-likeness (QED) is 0.561. The van der Waals surface area contributed by atoms with Gasteiger partial charge in [0.05, 0.1) is 29.0 Å². The summed E-state index contributed by atoms with van der Waals surface area (Å²) in [5.74, 6) is 1.09. The lowest BCUT2D eigenvalue weighted by Crippen LogP contribution is -2.49. The Bertz CT molecular complexity index is 891. The summed E-state index contributed by atoms with van der Waals surface area (Å²) >= 11 is 7.38. The highest BCUT2D eigenvalue weighted by atomic mass is 35.5. The molecule has 2 aromatic rings. The van der Waals surface area contributed by atoms with Gasteiger partial charge in [0.15, 0.2) is 0 Å². The van der Waals surface area contributed by atoms with Gasteiger partial charge in [-0.3, -0.25) is 9.10 Å². The van der Waals surface area contributed by atoms with E-state index in [1.807, 2.05) is 12.1 Å². The van der Waals surface area contributed by atoms with Crippen molar-refractivity contribution in [2.45, 2.75) is 25.1 Å². The maximum absolute atomic E-state index is 13.5. The zero-order valence-corrected chi connectivity index (χ0v) is 17.9. The van der Waals surface area contributed by atoms with E-state index in [4.69, 9.17) is 16.0 Å². The van der Waals surface area contributed by atoms with E-state index in [9.17, 15) is 17.6 Å². The molecule has 1 N–H and O–H groups in total. The molecule has 0 aliphatic carbocycles. The minimum absolute atomic E-state index is 0.142. The molecule has 2 rings (SSSR count). The summed E-state index contributed by atoms with van der Waals surface area (Å²) in [5, 5.41) is 2.55. The van der Waals surface area contributed by atoms with Gasteiger partial charge in [-0.25, -0.2) is 12.8 Å². The highest BCUT2D eigenvalue weighted by Gasteiger charge is 2.31. The molecule has 1 unspecified atom stereocenters. The van der Waals surface area contributed by atoms with Gasteiger partial charge < -0.3 is 9.73 Å². The van der Waals surface area contributed by atoms with E-state index in [-0.39, 0.29) is 17.1 Å². The Labute approximate surface area is 173 Å². The van der Waals surface area contributed by atoms with Crippen molar-refractivity contribution in [1.29, 1.82) is 0 Å². The van der Waals surface area contributed by atoms with Gasteiger partial charge in [-0.2, -0.15) is 11.8 Å². The van der Waals surface area contributed by atoms with Crippen LogP contribution in [0.2, 0.25) is 5.02 Å². The van der Waals surface area contributed by atoms with E-state index in [1.165, 1.54) is 12.1 Å². The van der Waals surface area contributed by atoms with Crippen LogP contribution in [0.1, 0.15) is 19.1 Å². The molecule has 0 aliphatic rings. The lowest BCUT2D eigenvalue weighted by Gasteiger charge is -2.30. The van der Waals surface area contributed by atoms with Crippen LogP contribution in [0.25, 0.3) is 0 Å². The molecule has 0 fully saturated rings. The first-order valence-electron chi connectivity index (χ1n) is 8.56. The van der Waals surface area contributed by atoms with Gasteiger partial charge in [0.2, 0.25) is 15.9 Å². The zero-order valence-electron chi connectivity index (χ0n) is 15.5. The molecule has 0 aliphatic heterocycles. The summed E-state index contributed by atoms with van der Waals surface area (Å²) in [6.45, 7) is 2.09. The summed E-state index contributed by atoms with van der Waals surface area (Å²) in [6, 6.07) is 6.28. The number of amides is 1. The Hall–Kier alpha value is -1.71. The average molecular weight is 449 g/mol. The van der Waals surface area contributed by atoms with E-state index in [2.05, 4.69) is 5.32 Å². The summed E-state index contributed by atoms with van der Waals surface area (Å²) in [7, 11) is -3.79. The van der Waals surface area contributed by atoms with Crippen molar-refractivity contribution in [3.8, 4) is 0 Å². The lowest BCUT2D eigenvalue weighted by atomic mass is 10.2. The van der Waals surface area contributed by atoms with Gasteiger partial charge in [-0.15, -0.1) is 0 Å². The summed E-state index contributed by atoms with van der Waals surface area (Å²) < 4.78 is 44.3. The van der Waals surface area contributed by atoms with Gasteiger partial charge >= 0.3 is 0 Å². The normalized spacial score (nSPS) is 12.6. The van der Waals surface area contributed by atoms with Crippen LogP contribution in [0, 0.1) is 5.82 Å². The second-order valence-electron chi connectivity index (χ2n) is 6.00. The minimum Gasteiger partial charge on any atom is -0.468 e. The van der Waals surface area contributed by atoms with Crippen molar-refractivity contribution in [3.05, 3.63) is 53.2 Å². The zero-order chi connectivity index (χ0) is 20.7. The molecular formula is C18H22ClFN2O4S2. The molecular weight excluding hydrogens is 427 g/mol. The van der Waals surface area contributed by atoms with Crippen LogP contribution in [-0.4, -0.2) is 38.9 Å². The van der Waals surface area contributed by atoms with Gasteiger partial charge in [0, 0.05) is 12.3 Å². The van der Waals surface area contributed by atoms with Gasteiger partial charge in [-0.1, -0.05) is 18.5 Å². The first-order chi connectivity index (χ1) is 13.2. The van der Waals surface area contributed by atoms with Gasteiger partial charge in [0.25, 0.3) is 0 Å². The van der Waals surface area contributed by atoms with Crippen molar-refractivity contribution in [1.82, 2.24) is 5.32 Å². The second-order valence-corrected chi connectivity index (χ2v) is 9.38. The topological polar surface area (TPSA) is 79.6 Å². The smallest absolute Gasteiger partial charge is 0.243 e. The van der Waals surface area contributed by atoms with Crippen molar-refractivity contribution in [2.24, 2.45) is 0 Å². The van der Waals surface area contributed by atoms with E-state index in [1.54, 1.807) is 24.9 Å². The van der Waals surface area contributed by atoms with Crippen LogP contribution in [0.15, 0.2) is 41.0 Å². The molecule has 28 heavy (non-hydrogen) atoms. The predicted molar refractivity (Wildman–Crippen MR) is 111 cm³/mol. The number of thioether (sulfide) groups is 1. The molecule has 0 saturated heterocycles. The van der Waals surface area contributed by atoms with Crippen LogP contribution in [0.4, 0.5) is 10.1 Å². The van der Waals surface area contributed by atoms with Gasteiger partial charge in [0.1, 0.15) is 17.6 Å². The Morgan fingerprint density at radius 1 is 1.39 bits per heavy atom. The standard InChI is InChI=1S/C18H22ClFN2O4S2/c1-3-17(18(23)21-8-10-27-12-14-5-4-9-26-14)22(28(2,24)25)13-6-7-16(20)15(19)11-13/h4-7,9,11,17H,3,8,10,12H2,1-2H3,(H,21,23). The fourth-order valence-electron chi connectivity index (χ4n) is 2.61. The molecule has 0 saturated carbocycles. The molecule has 10 heteroatoms. The summed E-state index contributed by atoms with van der Waals surface area (Å²) in [4.78, 5) is 12.6. The van der Waals surface area contributed by atoms with Crippen molar-refractivity contribution in [2.75, 3.05) is 22.9 Å². The number of sulfonamides is 1. The molecule has 1 aromatic heterocycles. The molecule has 1 heterocycles. The third-order valence-corrected chi connectivity index (χ3v) is 6.31.